The first-order valence-electron chi connectivity index (χ1n) is 4.85. The first-order chi connectivity index (χ1) is 7.08. The summed E-state index contributed by atoms with van der Waals surface area (Å²) in [4.78, 5) is 0. The van der Waals surface area contributed by atoms with Crippen molar-refractivity contribution in [1.29, 1.82) is 0 Å². The number of halogens is 2. The first-order valence-corrected chi connectivity index (χ1v) is 7.07. The second-order valence-electron chi connectivity index (χ2n) is 3.83. The summed E-state index contributed by atoms with van der Waals surface area (Å²) < 4.78 is 0.935. The SMILES string of the molecule is CC1C[C@@H](O)c2cc(Br)cc(Cl)c2CS1. The van der Waals surface area contributed by atoms with Gasteiger partial charge in [0.2, 0.25) is 0 Å². The Hall–Kier alpha value is 0.300. The monoisotopic (exact) mass is 306 g/mol. The Kier molecular flexibility index (Phi) is 3.66. The fourth-order valence-electron chi connectivity index (χ4n) is 1.81. The molecule has 1 N–H and O–H groups in total. The van der Waals surface area contributed by atoms with Gasteiger partial charge in [-0.25, -0.2) is 0 Å². The molecule has 15 heavy (non-hydrogen) atoms. The van der Waals surface area contributed by atoms with Crippen molar-refractivity contribution in [2.24, 2.45) is 0 Å². The lowest BCUT2D eigenvalue weighted by molar-refractivity contribution is 0.168. The summed E-state index contributed by atoms with van der Waals surface area (Å²) in [6, 6.07) is 3.87. The predicted molar refractivity (Wildman–Crippen MR) is 69.5 cm³/mol. The molecule has 1 aromatic carbocycles. The van der Waals surface area contributed by atoms with E-state index < -0.39 is 0 Å². The van der Waals surface area contributed by atoms with Crippen LogP contribution in [0.4, 0.5) is 0 Å². The van der Waals surface area contributed by atoms with Gasteiger partial charge in [-0.2, -0.15) is 11.8 Å². The van der Waals surface area contributed by atoms with E-state index >= 15 is 0 Å². The van der Waals surface area contributed by atoms with E-state index in [0.29, 0.717) is 5.25 Å². The number of hydrogen-bond acceptors (Lipinski definition) is 2. The number of aliphatic hydroxyl groups excluding tert-OH is 1. The zero-order chi connectivity index (χ0) is 11.0. The van der Waals surface area contributed by atoms with Gasteiger partial charge in [0.25, 0.3) is 0 Å². The summed E-state index contributed by atoms with van der Waals surface area (Å²) in [5.41, 5.74) is 2.06. The van der Waals surface area contributed by atoms with Crippen molar-refractivity contribution >= 4 is 39.3 Å². The molecule has 0 saturated carbocycles. The zero-order valence-electron chi connectivity index (χ0n) is 8.34. The lowest BCUT2D eigenvalue weighted by Gasteiger charge is -2.13. The molecule has 0 amide bonds. The van der Waals surface area contributed by atoms with E-state index in [4.69, 9.17) is 11.6 Å². The van der Waals surface area contributed by atoms with Crippen LogP contribution in [0.3, 0.4) is 0 Å². The van der Waals surface area contributed by atoms with Crippen molar-refractivity contribution in [2.45, 2.75) is 30.5 Å². The van der Waals surface area contributed by atoms with Crippen LogP contribution in [0.25, 0.3) is 0 Å². The summed E-state index contributed by atoms with van der Waals surface area (Å²) >= 11 is 11.4. The van der Waals surface area contributed by atoms with Gasteiger partial charge in [0.05, 0.1) is 6.10 Å². The molecule has 0 aliphatic carbocycles. The van der Waals surface area contributed by atoms with Crippen molar-refractivity contribution < 1.29 is 5.11 Å². The van der Waals surface area contributed by atoms with E-state index in [9.17, 15) is 5.11 Å². The average Bonchev–Trinajstić information content (AvgIpc) is 2.27. The summed E-state index contributed by atoms with van der Waals surface area (Å²) in [7, 11) is 0. The van der Waals surface area contributed by atoms with Crippen LogP contribution in [0.5, 0.6) is 0 Å². The fraction of sp³-hybridized carbons (Fsp3) is 0.455. The Morgan fingerprint density at radius 1 is 1.53 bits per heavy atom. The lowest BCUT2D eigenvalue weighted by Crippen LogP contribution is -2.03. The minimum Gasteiger partial charge on any atom is -0.388 e. The summed E-state index contributed by atoms with van der Waals surface area (Å²) in [6.45, 7) is 2.14. The third kappa shape index (κ3) is 2.52. The van der Waals surface area contributed by atoms with Crippen molar-refractivity contribution in [3.05, 3.63) is 32.8 Å². The van der Waals surface area contributed by atoms with Gasteiger partial charge in [-0.1, -0.05) is 34.5 Å². The molecule has 0 aromatic heterocycles. The normalized spacial score (nSPS) is 25.9. The van der Waals surface area contributed by atoms with E-state index in [1.165, 1.54) is 0 Å². The number of rotatable bonds is 0. The molecule has 2 rings (SSSR count). The smallest absolute Gasteiger partial charge is 0.0804 e. The van der Waals surface area contributed by atoms with Crippen LogP contribution < -0.4 is 0 Å². The molecular formula is C11H12BrClOS. The molecule has 0 fully saturated rings. The number of aliphatic hydroxyl groups is 1. The van der Waals surface area contributed by atoms with Gasteiger partial charge >= 0.3 is 0 Å². The zero-order valence-corrected chi connectivity index (χ0v) is 11.5. The van der Waals surface area contributed by atoms with Crippen LogP contribution in [0.15, 0.2) is 16.6 Å². The van der Waals surface area contributed by atoms with E-state index in [1.54, 1.807) is 0 Å². The van der Waals surface area contributed by atoms with Gasteiger partial charge in [-0.15, -0.1) is 0 Å². The molecule has 0 spiro atoms. The largest absolute Gasteiger partial charge is 0.388 e. The lowest BCUT2D eigenvalue weighted by atomic mass is 10.0. The number of hydrogen-bond donors (Lipinski definition) is 1. The van der Waals surface area contributed by atoms with Crippen LogP contribution in [0.2, 0.25) is 5.02 Å². The van der Waals surface area contributed by atoms with E-state index in [2.05, 4.69) is 22.9 Å². The van der Waals surface area contributed by atoms with Crippen molar-refractivity contribution in [2.75, 3.05) is 0 Å². The Balaban J connectivity index is 2.48. The molecular weight excluding hydrogens is 296 g/mol. The molecule has 0 radical (unpaired) electrons. The number of fused-ring (bicyclic) bond motifs is 1. The van der Waals surface area contributed by atoms with Crippen molar-refractivity contribution in [3.8, 4) is 0 Å². The molecule has 4 heteroatoms. The molecule has 1 aliphatic heterocycles. The number of thioether (sulfide) groups is 1. The predicted octanol–water partition coefficient (Wildman–Crippen LogP) is 4.16. The molecule has 0 saturated heterocycles. The van der Waals surface area contributed by atoms with Crippen molar-refractivity contribution in [3.63, 3.8) is 0 Å². The van der Waals surface area contributed by atoms with Gasteiger partial charge < -0.3 is 5.11 Å². The molecule has 1 aromatic rings. The Morgan fingerprint density at radius 3 is 3.00 bits per heavy atom. The Bertz CT molecular complexity index is 383. The van der Waals surface area contributed by atoms with Gasteiger partial charge in [-0.3, -0.25) is 0 Å². The summed E-state index contributed by atoms with van der Waals surface area (Å²) in [6.07, 6.45) is 0.407. The molecule has 0 bridgehead atoms. The standard InChI is InChI=1S/C11H12BrClOS/c1-6-2-11(14)8-3-7(12)4-10(13)9(8)5-15-6/h3-4,6,11,14H,2,5H2,1H3/t6?,11-/m1/s1. The van der Waals surface area contributed by atoms with Gasteiger partial charge in [0.15, 0.2) is 0 Å². The third-order valence-corrected chi connectivity index (χ3v) is 4.63. The highest BCUT2D eigenvalue weighted by Crippen LogP contribution is 2.39. The number of benzene rings is 1. The first kappa shape index (κ1) is 11.8. The van der Waals surface area contributed by atoms with Crippen molar-refractivity contribution in [1.82, 2.24) is 0 Å². The molecule has 2 atom stereocenters. The highest BCUT2D eigenvalue weighted by atomic mass is 79.9. The van der Waals surface area contributed by atoms with E-state index in [-0.39, 0.29) is 6.10 Å². The van der Waals surface area contributed by atoms with Crippen LogP contribution in [0, 0.1) is 0 Å². The second-order valence-corrected chi connectivity index (χ2v) is 6.58. The molecule has 82 valence electrons. The minimum atomic E-state index is -0.389. The summed E-state index contributed by atoms with van der Waals surface area (Å²) in [5.74, 6) is 0.889. The van der Waals surface area contributed by atoms with Crippen LogP contribution in [0.1, 0.15) is 30.6 Å². The van der Waals surface area contributed by atoms with E-state index in [1.807, 2.05) is 23.9 Å². The van der Waals surface area contributed by atoms with Gasteiger partial charge in [-0.05, 0) is 29.7 Å². The minimum absolute atomic E-state index is 0.389. The third-order valence-electron chi connectivity index (χ3n) is 2.62. The molecule has 1 aliphatic rings. The maximum Gasteiger partial charge on any atom is 0.0804 e. The van der Waals surface area contributed by atoms with Crippen LogP contribution in [-0.2, 0) is 5.75 Å². The Morgan fingerprint density at radius 2 is 2.27 bits per heavy atom. The maximum absolute atomic E-state index is 10.1. The highest BCUT2D eigenvalue weighted by molar-refractivity contribution is 9.10. The molecule has 1 heterocycles. The summed E-state index contributed by atoms with van der Waals surface area (Å²) in [5, 5.41) is 11.3. The quantitative estimate of drug-likeness (QED) is 0.776. The van der Waals surface area contributed by atoms with Crippen LogP contribution >= 0.6 is 39.3 Å². The van der Waals surface area contributed by atoms with Gasteiger partial charge in [0, 0.05) is 20.5 Å². The highest BCUT2D eigenvalue weighted by Gasteiger charge is 2.22. The Labute approximate surface area is 107 Å². The topological polar surface area (TPSA) is 20.2 Å². The average molecular weight is 308 g/mol. The fourth-order valence-corrected chi connectivity index (χ4v) is 3.88. The van der Waals surface area contributed by atoms with Crippen LogP contribution in [-0.4, -0.2) is 10.4 Å². The second kappa shape index (κ2) is 4.66. The maximum atomic E-state index is 10.1. The van der Waals surface area contributed by atoms with Gasteiger partial charge in [0.1, 0.15) is 0 Å². The molecule has 1 nitrogen and oxygen atoms in total. The molecule has 1 unspecified atom stereocenters. The van der Waals surface area contributed by atoms with E-state index in [0.717, 1.165) is 32.8 Å².